The van der Waals surface area contributed by atoms with Gasteiger partial charge in [-0.15, -0.1) is 0 Å². The molecule has 1 atom stereocenters. The Bertz CT molecular complexity index is 170. The van der Waals surface area contributed by atoms with Crippen molar-refractivity contribution in [1.29, 1.82) is 0 Å². The minimum Gasteiger partial charge on any atom is -0.0942 e. The third-order valence-corrected chi connectivity index (χ3v) is 7.29. The first kappa shape index (κ1) is 20.7. The van der Waals surface area contributed by atoms with Gasteiger partial charge in [0.2, 0.25) is 0 Å². The van der Waals surface area contributed by atoms with Crippen molar-refractivity contribution in [2.24, 2.45) is 5.92 Å². The van der Waals surface area contributed by atoms with E-state index in [9.17, 15) is 0 Å². The maximum Gasteiger partial charge on any atom is 0.0177 e. The lowest BCUT2D eigenvalue weighted by atomic mass is 9.90. The van der Waals surface area contributed by atoms with E-state index in [0.29, 0.717) is 0 Å². The second-order valence-corrected chi connectivity index (χ2v) is 8.80. The van der Waals surface area contributed by atoms with Crippen LogP contribution in [0.15, 0.2) is 0 Å². The van der Waals surface area contributed by atoms with Gasteiger partial charge in [0.1, 0.15) is 0 Å². The minimum atomic E-state index is 0.892. The van der Waals surface area contributed by atoms with Crippen molar-refractivity contribution in [1.82, 2.24) is 0 Å². The topological polar surface area (TPSA) is 0 Å². The first-order chi connectivity index (χ1) is 9.79. The number of hydrogen-bond donors (Lipinski definition) is 0. The summed E-state index contributed by atoms with van der Waals surface area (Å²) in [5, 5.41) is 0.892. The van der Waals surface area contributed by atoms with Crippen LogP contribution in [-0.4, -0.2) is 11.0 Å². The van der Waals surface area contributed by atoms with Gasteiger partial charge in [0.05, 0.1) is 0 Å². The van der Waals surface area contributed by atoms with Crippen molar-refractivity contribution in [2.75, 3.05) is 5.75 Å². The lowest BCUT2D eigenvalue weighted by molar-refractivity contribution is 0.390. The van der Waals surface area contributed by atoms with Crippen LogP contribution in [0, 0.1) is 5.92 Å². The Hall–Kier alpha value is 0.700. The Morgan fingerprint density at radius 2 is 1.25 bits per heavy atom. The molecule has 122 valence electrons. The van der Waals surface area contributed by atoms with Crippen LogP contribution in [-0.2, 0) is 0 Å². The van der Waals surface area contributed by atoms with Crippen LogP contribution in [0.3, 0.4) is 0 Å². The van der Waals surface area contributed by atoms with Gasteiger partial charge in [-0.2, -0.15) is 0 Å². The van der Waals surface area contributed by atoms with Crippen LogP contribution in [0.4, 0.5) is 0 Å². The van der Waals surface area contributed by atoms with Crippen molar-refractivity contribution in [3.8, 4) is 0 Å². The molecule has 0 rings (SSSR count). The van der Waals surface area contributed by atoms with Crippen molar-refractivity contribution in [3.63, 3.8) is 0 Å². The van der Waals surface area contributed by atoms with E-state index in [0.717, 1.165) is 11.2 Å². The average molecular weight is 319 g/mol. The van der Waals surface area contributed by atoms with Crippen molar-refractivity contribution >= 4 is 21.6 Å². The summed E-state index contributed by atoms with van der Waals surface area (Å²) in [6, 6.07) is 0. The highest BCUT2D eigenvalue weighted by molar-refractivity contribution is 8.76. The summed E-state index contributed by atoms with van der Waals surface area (Å²) in [5.41, 5.74) is 0. The molecule has 0 aliphatic carbocycles. The van der Waals surface area contributed by atoms with E-state index in [1.54, 1.807) is 0 Å². The third-order valence-electron chi connectivity index (χ3n) is 4.09. The van der Waals surface area contributed by atoms with E-state index < -0.39 is 0 Å². The van der Waals surface area contributed by atoms with Gasteiger partial charge in [-0.25, -0.2) is 0 Å². The van der Waals surface area contributed by atoms with Crippen LogP contribution in [0.2, 0.25) is 0 Å². The van der Waals surface area contributed by atoms with Crippen molar-refractivity contribution < 1.29 is 0 Å². The highest BCUT2D eigenvalue weighted by atomic mass is 33.1. The van der Waals surface area contributed by atoms with E-state index in [1.807, 2.05) is 0 Å². The van der Waals surface area contributed by atoms with E-state index >= 15 is 0 Å². The predicted molar refractivity (Wildman–Crippen MR) is 101 cm³/mol. The summed E-state index contributed by atoms with van der Waals surface area (Å²) in [4.78, 5) is 0. The maximum absolute atomic E-state index is 2.39. The quantitative estimate of drug-likeness (QED) is 0.224. The fourth-order valence-corrected chi connectivity index (χ4v) is 5.51. The molecule has 0 nitrogen and oxygen atoms in total. The summed E-state index contributed by atoms with van der Waals surface area (Å²) < 4.78 is 0. The Kier molecular flexibility index (Phi) is 16.6. The molecule has 0 spiro atoms. The fraction of sp³-hybridized carbons (Fsp3) is 1.00. The molecule has 20 heavy (non-hydrogen) atoms. The molecule has 0 aliphatic heterocycles. The Morgan fingerprint density at radius 1 is 0.700 bits per heavy atom. The molecule has 0 saturated heterocycles. The second-order valence-electron chi connectivity index (χ2n) is 5.91. The molecule has 1 unspecified atom stereocenters. The Labute approximate surface area is 137 Å². The van der Waals surface area contributed by atoms with Gasteiger partial charge >= 0.3 is 0 Å². The molecule has 0 amide bonds. The zero-order chi connectivity index (χ0) is 15.1. The first-order valence-corrected chi connectivity index (χ1v) is 11.5. The van der Waals surface area contributed by atoms with Gasteiger partial charge in [0.15, 0.2) is 0 Å². The molecule has 0 bridgehead atoms. The summed E-state index contributed by atoms with van der Waals surface area (Å²) in [6.07, 6.45) is 15.7. The molecule has 0 saturated carbocycles. The summed E-state index contributed by atoms with van der Waals surface area (Å²) in [6.45, 7) is 9.29. The van der Waals surface area contributed by atoms with Gasteiger partial charge in [-0.3, -0.25) is 0 Å². The zero-order valence-corrected chi connectivity index (χ0v) is 16.1. The molecule has 0 aromatic heterocycles. The molecule has 0 radical (unpaired) electrons. The normalized spacial score (nSPS) is 13.1. The standard InChI is InChI=1S/C18H38S2/c1-5-9-11-13-15-17(16-14-12-10-6-2)18(7-3)20-19-8-4/h17-18H,5-16H2,1-4H3. The summed E-state index contributed by atoms with van der Waals surface area (Å²) >= 11 is 0. The molecule has 0 aromatic rings. The molecular weight excluding hydrogens is 280 g/mol. The highest BCUT2D eigenvalue weighted by Crippen LogP contribution is 2.37. The molecule has 0 aromatic carbocycles. The van der Waals surface area contributed by atoms with E-state index in [4.69, 9.17) is 0 Å². The monoisotopic (exact) mass is 318 g/mol. The smallest absolute Gasteiger partial charge is 0.0177 e. The Balaban J connectivity index is 4.11. The largest absolute Gasteiger partial charge is 0.0942 e. The van der Waals surface area contributed by atoms with Crippen LogP contribution < -0.4 is 0 Å². The number of hydrogen-bond acceptors (Lipinski definition) is 2. The summed E-state index contributed by atoms with van der Waals surface area (Å²) in [5.74, 6) is 2.22. The molecule has 2 heteroatoms. The van der Waals surface area contributed by atoms with E-state index in [-0.39, 0.29) is 0 Å². The minimum absolute atomic E-state index is 0.892. The third kappa shape index (κ3) is 11.4. The molecular formula is C18H38S2. The lowest BCUT2D eigenvalue weighted by Crippen LogP contribution is -2.16. The second kappa shape index (κ2) is 16.1. The van der Waals surface area contributed by atoms with Crippen molar-refractivity contribution in [2.45, 2.75) is 104 Å². The molecule has 0 heterocycles. The van der Waals surface area contributed by atoms with Gasteiger partial charge in [-0.05, 0) is 25.2 Å². The zero-order valence-electron chi connectivity index (χ0n) is 14.5. The average Bonchev–Trinajstić information content (AvgIpc) is 2.47. The highest BCUT2D eigenvalue weighted by Gasteiger charge is 2.20. The first-order valence-electron chi connectivity index (χ1n) is 9.08. The van der Waals surface area contributed by atoms with Crippen LogP contribution in [0.5, 0.6) is 0 Å². The van der Waals surface area contributed by atoms with Crippen LogP contribution in [0.25, 0.3) is 0 Å². The van der Waals surface area contributed by atoms with Crippen molar-refractivity contribution in [3.05, 3.63) is 0 Å². The fourth-order valence-electron chi connectivity index (χ4n) is 2.82. The summed E-state index contributed by atoms with van der Waals surface area (Å²) in [7, 11) is 4.25. The molecule has 0 fully saturated rings. The van der Waals surface area contributed by atoms with Gasteiger partial charge in [-0.1, -0.05) is 101 Å². The molecule has 0 N–H and O–H groups in total. The molecule has 0 aliphatic rings. The number of rotatable bonds is 15. The van der Waals surface area contributed by atoms with Gasteiger partial charge in [0.25, 0.3) is 0 Å². The van der Waals surface area contributed by atoms with Gasteiger partial charge in [0, 0.05) is 11.0 Å². The van der Waals surface area contributed by atoms with Gasteiger partial charge < -0.3 is 0 Å². The maximum atomic E-state index is 2.39. The van der Waals surface area contributed by atoms with Crippen LogP contribution >= 0.6 is 21.6 Å². The van der Waals surface area contributed by atoms with E-state index in [2.05, 4.69) is 49.3 Å². The lowest BCUT2D eigenvalue weighted by Gasteiger charge is -2.25. The van der Waals surface area contributed by atoms with E-state index in [1.165, 1.54) is 76.4 Å². The number of unbranched alkanes of at least 4 members (excludes halogenated alkanes) is 6. The Morgan fingerprint density at radius 3 is 1.65 bits per heavy atom. The SMILES string of the molecule is CCCCCCC(CCCCCC)C(CC)SSCC. The predicted octanol–water partition coefficient (Wildman–Crippen LogP) is 7.72. The van der Waals surface area contributed by atoms with Crippen LogP contribution in [0.1, 0.15) is 98.3 Å².